The van der Waals surface area contributed by atoms with Crippen molar-refractivity contribution in [3.63, 3.8) is 0 Å². The standard InChI is InChI=1S/C13H10ClFN2/c14-9-5-8-6-12(11-3-1-2-4-16-11)17-13(8)10(15)7-9/h1-5,7,12,17H,6H2. The highest BCUT2D eigenvalue weighted by atomic mass is 35.5. The molecule has 0 spiro atoms. The van der Waals surface area contributed by atoms with Crippen LogP contribution in [0.4, 0.5) is 10.1 Å². The van der Waals surface area contributed by atoms with E-state index >= 15 is 0 Å². The van der Waals surface area contributed by atoms with E-state index in [1.165, 1.54) is 6.07 Å². The fourth-order valence-corrected chi connectivity index (χ4v) is 2.38. The van der Waals surface area contributed by atoms with Gasteiger partial charge in [-0.2, -0.15) is 0 Å². The van der Waals surface area contributed by atoms with E-state index in [9.17, 15) is 4.39 Å². The predicted octanol–water partition coefficient (Wildman–Crippen LogP) is 3.58. The molecule has 0 aliphatic carbocycles. The van der Waals surface area contributed by atoms with Crippen LogP contribution in [0.15, 0.2) is 36.5 Å². The number of anilines is 1. The van der Waals surface area contributed by atoms with Gasteiger partial charge in [-0.15, -0.1) is 0 Å². The molecule has 1 unspecified atom stereocenters. The number of pyridine rings is 1. The van der Waals surface area contributed by atoms with Crippen molar-refractivity contribution < 1.29 is 4.39 Å². The number of benzene rings is 1. The van der Waals surface area contributed by atoms with Gasteiger partial charge in [0.25, 0.3) is 0 Å². The first-order valence-electron chi connectivity index (χ1n) is 5.39. The molecule has 3 rings (SSSR count). The Balaban J connectivity index is 1.96. The summed E-state index contributed by atoms with van der Waals surface area (Å²) in [6.07, 6.45) is 2.45. The average molecular weight is 249 g/mol. The summed E-state index contributed by atoms with van der Waals surface area (Å²) < 4.78 is 13.7. The van der Waals surface area contributed by atoms with Crippen LogP contribution in [0.3, 0.4) is 0 Å². The third-order valence-corrected chi connectivity index (χ3v) is 3.14. The Hall–Kier alpha value is -1.61. The minimum absolute atomic E-state index is 0.0270. The van der Waals surface area contributed by atoms with E-state index in [4.69, 9.17) is 11.6 Å². The monoisotopic (exact) mass is 248 g/mol. The Morgan fingerprint density at radius 1 is 1.35 bits per heavy atom. The maximum Gasteiger partial charge on any atom is 0.148 e. The van der Waals surface area contributed by atoms with Crippen molar-refractivity contribution in [1.82, 2.24) is 4.98 Å². The number of hydrogen-bond acceptors (Lipinski definition) is 2. The lowest BCUT2D eigenvalue weighted by atomic mass is 10.1. The Morgan fingerprint density at radius 3 is 3.00 bits per heavy atom. The molecule has 4 heteroatoms. The molecule has 0 bridgehead atoms. The Morgan fingerprint density at radius 2 is 2.24 bits per heavy atom. The number of nitrogens with zero attached hydrogens (tertiary/aromatic N) is 1. The van der Waals surface area contributed by atoms with Crippen LogP contribution in [0.2, 0.25) is 5.02 Å². The van der Waals surface area contributed by atoms with Gasteiger partial charge < -0.3 is 5.32 Å². The van der Waals surface area contributed by atoms with Crippen molar-refractivity contribution in [2.24, 2.45) is 0 Å². The lowest BCUT2D eigenvalue weighted by Gasteiger charge is -2.09. The molecule has 0 saturated carbocycles. The van der Waals surface area contributed by atoms with E-state index in [-0.39, 0.29) is 11.9 Å². The van der Waals surface area contributed by atoms with E-state index in [1.807, 2.05) is 18.2 Å². The number of hydrogen-bond donors (Lipinski definition) is 1. The van der Waals surface area contributed by atoms with Crippen molar-refractivity contribution in [3.8, 4) is 0 Å². The van der Waals surface area contributed by atoms with E-state index in [0.29, 0.717) is 17.1 Å². The quantitative estimate of drug-likeness (QED) is 0.834. The number of aromatic nitrogens is 1. The van der Waals surface area contributed by atoms with Gasteiger partial charge >= 0.3 is 0 Å². The molecule has 1 aromatic heterocycles. The molecule has 0 fully saturated rings. The van der Waals surface area contributed by atoms with E-state index in [0.717, 1.165) is 11.3 Å². The summed E-state index contributed by atoms with van der Waals surface area (Å²) >= 11 is 5.84. The SMILES string of the molecule is Fc1cc(Cl)cc2c1NC(c1ccccn1)C2. The van der Waals surface area contributed by atoms with Crippen LogP contribution in [0.25, 0.3) is 0 Å². The zero-order valence-corrected chi connectivity index (χ0v) is 9.71. The highest BCUT2D eigenvalue weighted by Gasteiger charge is 2.25. The Kier molecular flexibility index (Phi) is 2.48. The van der Waals surface area contributed by atoms with Crippen LogP contribution in [0.1, 0.15) is 17.3 Å². The van der Waals surface area contributed by atoms with Crippen LogP contribution in [0, 0.1) is 5.82 Å². The minimum atomic E-state index is -0.300. The lowest BCUT2D eigenvalue weighted by Crippen LogP contribution is -2.07. The second-order valence-corrected chi connectivity index (χ2v) is 4.51. The molecule has 0 saturated heterocycles. The lowest BCUT2D eigenvalue weighted by molar-refractivity contribution is 0.630. The number of fused-ring (bicyclic) bond motifs is 1. The van der Waals surface area contributed by atoms with E-state index < -0.39 is 0 Å². The molecular weight excluding hydrogens is 239 g/mol. The summed E-state index contributed by atoms with van der Waals surface area (Å²) in [5, 5.41) is 3.59. The van der Waals surface area contributed by atoms with Gasteiger partial charge in [-0.1, -0.05) is 17.7 Å². The normalized spacial score (nSPS) is 17.6. The van der Waals surface area contributed by atoms with Gasteiger partial charge in [0.2, 0.25) is 0 Å². The fraction of sp³-hybridized carbons (Fsp3) is 0.154. The molecule has 86 valence electrons. The summed E-state index contributed by atoms with van der Waals surface area (Å²) in [6, 6.07) is 8.88. The fourth-order valence-electron chi connectivity index (χ4n) is 2.16. The highest BCUT2D eigenvalue weighted by molar-refractivity contribution is 6.30. The van der Waals surface area contributed by atoms with Crippen molar-refractivity contribution in [3.05, 3.63) is 58.6 Å². The first-order chi connectivity index (χ1) is 8.24. The summed E-state index contributed by atoms with van der Waals surface area (Å²) in [4.78, 5) is 4.28. The molecule has 2 heterocycles. The van der Waals surface area contributed by atoms with Gasteiger partial charge in [0, 0.05) is 17.6 Å². The summed E-state index contributed by atoms with van der Waals surface area (Å²) in [5.74, 6) is -0.300. The van der Waals surface area contributed by atoms with Gasteiger partial charge in [0.15, 0.2) is 0 Å². The van der Waals surface area contributed by atoms with Crippen LogP contribution in [-0.4, -0.2) is 4.98 Å². The molecule has 1 aromatic carbocycles. The Labute approximate surface area is 103 Å². The summed E-state index contributed by atoms with van der Waals surface area (Å²) in [7, 11) is 0. The molecule has 2 aromatic rings. The highest BCUT2D eigenvalue weighted by Crippen LogP contribution is 2.36. The summed E-state index contributed by atoms with van der Waals surface area (Å²) in [6.45, 7) is 0. The van der Waals surface area contributed by atoms with Crippen molar-refractivity contribution in [2.75, 3.05) is 5.32 Å². The largest absolute Gasteiger partial charge is 0.374 e. The molecular formula is C13H10ClFN2. The molecule has 17 heavy (non-hydrogen) atoms. The topological polar surface area (TPSA) is 24.9 Å². The predicted molar refractivity (Wildman–Crippen MR) is 65.7 cm³/mol. The van der Waals surface area contributed by atoms with E-state index in [1.54, 1.807) is 12.3 Å². The van der Waals surface area contributed by atoms with E-state index in [2.05, 4.69) is 10.3 Å². The molecule has 2 nitrogen and oxygen atoms in total. The van der Waals surface area contributed by atoms with Crippen molar-refractivity contribution in [2.45, 2.75) is 12.5 Å². The van der Waals surface area contributed by atoms with Crippen molar-refractivity contribution >= 4 is 17.3 Å². The first kappa shape index (κ1) is 10.5. The second kappa shape index (κ2) is 4.00. The maximum absolute atomic E-state index is 13.7. The van der Waals surface area contributed by atoms with Gasteiger partial charge in [0.1, 0.15) is 5.82 Å². The zero-order valence-electron chi connectivity index (χ0n) is 8.95. The number of rotatable bonds is 1. The van der Waals surface area contributed by atoms with Gasteiger partial charge in [-0.05, 0) is 29.8 Å². The zero-order chi connectivity index (χ0) is 11.8. The number of halogens is 2. The van der Waals surface area contributed by atoms with Crippen LogP contribution in [-0.2, 0) is 6.42 Å². The molecule has 1 aliphatic heterocycles. The van der Waals surface area contributed by atoms with Crippen molar-refractivity contribution in [1.29, 1.82) is 0 Å². The van der Waals surface area contributed by atoms with Crippen LogP contribution < -0.4 is 5.32 Å². The third kappa shape index (κ3) is 1.87. The maximum atomic E-state index is 13.7. The van der Waals surface area contributed by atoms with Gasteiger partial charge in [-0.3, -0.25) is 4.98 Å². The molecule has 1 aliphatic rings. The second-order valence-electron chi connectivity index (χ2n) is 4.08. The minimum Gasteiger partial charge on any atom is -0.374 e. The van der Waals surface area contributed by atoms with Gasteiger partial charge in [-0.25, -0.2) is 4.39 Å². The van der Waals surface area contributed by atoms with Crippen LogP contribution >= 0.6 is 11.6 Å². The van der Waals surface area contributed by atoms with Gasteiger partial charge in [0.05, 0.1) is 17.4 Å². The molecule has 1 atom stereocenters. The first-order valence-corrected chi connectivity index (χ1v) is 5.77. The number of nitrogens with one attached hydrogen (secondary N) is 1. The Bertz CT molecular complexity index is 557. The molecule has 0 radical (unpaired) electrons. The molecule has 1 N–H and O–H groups in total. The molecule has 0 amide bonds. The smallest absolute Gasteiger partial charge is 0.148 e. The third-order valence-electron chi connectivity index (χ3n) is 2.92. The average Bonchev–Trinajstić information content (AvgIpc) is 2.74. The van der Waals surface area contributed by atoms with Crippen LogP contribution in [0.5, 0.6) is 0 Å². The summed E-state index contributed by atoms with van der Waals surface area (Å²) in [5.41, 5.74) is 2.37.